The van der Waals surface area contributed by atoms with E-state index in [1.807, 2.05) is 0 Å². The van der Waals surface area contributed by atoms with Gasteiger partial charge in [-0.2, -0.15) is 0 Å². The van der Waals surface area contributed by atoms with E-state index in [1.54, 1.807) is 18.2 Å². The Balaban J connectivity index is 1.40. The number of aliphatic hydroxyl groups is 1. The van der Waals surface area contributed by atoms with Crippen LogP contribution in [-0.4, -0.2) is 54.2 Å². The standard InChI is InChI=1S/C17H25FN2O/c18-16-4-2-1-3-15(16)17(21)7-8-19-9-11-20(12-10-19)13-14-5-6-14/h1-4,14,17,21H,5-13H2. The van der Waals surface area contributed by atoms with E-state index in [9.17, 15) is 9.50 Å². The second-order valence-electron chi connectivity index (χ2n) is 6.41. The molecule has 3 nitrogen and oxygen atoms in total. The summed E-state index contributed by atoms with van der Waals surface area (Å²) in [4.78, 5) is 4.94. The van der Waals surface area contributed by atoms with Crippen LogP contribution in [0.25, 0.3) is 0 Å². The van der Waals surface area contributed by atoms with Gasteiger partial charge in [-0.15, -0.1) is 0 Å². The number of halogens is 1. The third-order valence-corrected chi connectivity index (χ3v) is 4.66. The molecule has 1 N–H and O–H groups in total. The van der Waals surface area contributed by atoms with Gasteiger partial charge in [0.1, 0.15) is 5.82 Å². The fraction of sp³-hybridized carbons (Fsp3) is 0.647. The summed E-state index contributed by atoms with van der Waals surface area (Å²) in [5.41, 5.74) is 0.421. The van der Waals surface area contributed by atoms with Crippen LogP contribution in [-0.2, 0) is 0 Å². The highest BCUT2D eigenvalue weighted by Gasteiger charge is 2.26. The first-order chi connectivity index (χ1) is 10.2. The van der Waals surface area contributed by atoms with E-state index in [1.165, 1.54) is 25.5 Å². The third kappa shape index (κ3) is 4.25. The highest BCUT2D eigenvalue weighted by molar-refractivity contribution is 5.19. The number of benzene rings is 1. The molecule has 1 aromatic rings. The summed E-state index contributed by atoms with van der Waals surface area (Å²) in [5.74, 6) is 0.652. The minimum absolute atomic E-state index is 0.306. The van der Waals surface area contributed by atoms with Crippen molar-refractivity contribution in [2.45, 2.75) is 25.4 Å². The lowest BCUT2D eigenvalue weighted by Gasteiger charge is -2.35. The van der Waals surface area contributed by atoms with Gasteiger partial charge in [-0.25, -0.2) is 4.39 Å². The first-order valence-corrected chi connectivity index (χ1v) is 8.09. The zero-order chi connectivity index (χ0) is 14.7. The van der Waals surface area contributed by atoms with Crippen molar-refractivity contribution in [1.29, 1.82) is 0 Å². The van der Waals surface area contributed by atoms with Gasteiger partial charge in [0.25, 0.3) is 0 Å². The topological polar surface area (TPSA) is 26.7 Å². The van der Waals surface area contributed by atoms with Crippen molar-refractivity contribution < 1.29 is 9.50 Å². The largest absolute Gasteiger partial charge is 0.388 e. The Morgan fingerprint density at radius 2 is 1.76 bits per heavy atom. The Labute approximate surface area is 126 Å². The second kappa shape index (κ2) is 6.86. The average Bonchev–Trinajstić information content (AvgIpc) is 3.31. The number of hydrogen-bond donors (Lipinski definition) is 1. The van der Waals surface area contributed by atoms with Gasteiger partial charge in [-0.3, -0.25) is 0 Å². The normalized spacial score (nSPS) is 22.4. The van der Waals surface area contributed by atoms with E-state index < -0.39 is 6.10 Å². The van der Waals surface area contributed by atoms with Crippen molar-refractivity contribution in [3.05, 3.63) is 35.6 Å². The quantitative estimate of drug-likeness (QED) is 0.871. The van der Waals surface area contributed by atoms with Crippen molar-refractivity contribution in [2.75, 3.05) is 39.3 Å². The predicted molar refractivity (Wildman–Crippen MR) is 81.6 cm³/mol. The fourth-order valence-electron chi connectivity index (χ4n) is 3.07. The maximum absolute atomic E-state index is 13.6. The molecule has 0 radical (unpaired) electrons. The van der Waals surface area contributed by atoms with Crippen molar-refractivity contribution in [2.24, 2.45) is 5.92 Å². The maximum Gasteiger partial charge on any atom is 0.128 e. The average molecular weight is 292 g/mol. The van der Waals surface area contributed by atoms with E-state index in [2.05, 4.69) is 9.80 Å². The van der Waals surface area contributed by atoms with E-state index >= 15 is 0 Å². The number of nitrogens with zero attached hydrogens (tertiary/aromatic N) is 2. The molecular formula is C17H25FN2O. The molecule has 1 unspecified atom stereocenters. The molecule has 1 saturated heterocycles. The third-order valence-electron chi connectivity index (χ3n) is 4.66. The molecule has 0 amide bonds. The van der Waals surface area contributed by atoms with Gasteiger partial charge in [0.05, 0.1) is 6.10 Å². The molecule has 1 aromatic carbocycles. The molecule has 1 aliphatic heterocycles. The first kappa shape index (κ1) is 14.9. The number of piperazine rings is 1. The lowest BCUT2D eigenvalue weighted by molar-refractivity contribution is 0.0990. The summed E-state index contributed by atoms with van der Waals surface area (Å²) in [6.45, 7) is 6.50. The molecule has 1 saturated carbocycles. The smallest absolute Gasteiger partial charge is 0.128 e. The van der Waals surface area contributed by atoms with E-state index in [0.29, 0.717) is 12.0 Å². The van der Waals surface area contributed by atoms with Crippen LogP contribution in [0.4, 0.5) is 4.39 Å². The summed E-state index contributed by atoms with van der Waals surface area (Å²) >= 11 is 0. The molecule has 1 aliphatic carbocycles. The number of hydrogen-bond acceptors (Lipinski definition) is 3. The van der Waals surface area contributed by atoms with Crippen molar-refractivity contribution in [3.63, 3.8) is 0 Å². The number of aliphatic hydroxyl groups excluding tert-OH is 1. The van der Waals surface area contributed by atoms with Crippen LogP contribution >= 0.6 is 0 Å². The highest BCUT2D eigenvalue weighted by atomic mass is 19.1. The van der Waals surface area contributed by atoms with Gasteiger partial charge >= 0.3 is 0 Å². The molecule has 0 aromatic heterocycles. The van der Waals surface area contributed by atoms with Crippen LogP contribution in [0.1, 0.15) is 30.9 Å². The highest BCUT2D eigenvalue weighted by Crippen LogP contribution is 2.30. The minimum atomic E-state index is -0.698. The van der Waals surface area contributed by atoms with Crippen LogP contribution in [0, 0.1) is 11.7 Å². The summed E-state index contributed by atoms with van der Waals surface area (Å²) in [5, 5.41) is 10.1. The Morgan fingerprint density at radius 3 is 2.43 bits per heavy atom. The lowest BCUT2D eigenvalue weighted by Crippen LogP contribution is -2.47. The van der Waals surface area contributed by atoms with Crippen LogP contribution < -0.4 is 0 Å². The summed E-state index contributed by atoms with van der Waals surface area (Å²) in [6, 6.07) is 6.52. The molecule has 1 atom stereocenters. The van der Waals surface area contributed by atoms with E-state index in [0.717, 1.165) is 38.6 Å². The summed E-state index contributed by atoms with van der Waals surface area (Å²) in [7, 11) is 0. The van der Waals surface area contributed by atoms with Crippen molar-refractivity contribution in [3.8, 4) is 0 Å². The van der Waals surface area contributed by atoms with Crippen molar-refractivity contribution in [1.82, 2.24) is 9.80 Å². The van der Waals surface area contributed by atoms with Gasteiger partial charge in [0.2, 0.25) is 0 Å². The van der Waals surface area contributed by atoms with Gasteiger partial charge in [0, 0.05) is 44.8 Å². The summed E-state index contributed by atoms with van der Waals surface area (Å²) < 4.78 is 13.6. The predicted octanol–water partition coefficient (Wildman–Crippen LogP) is 2.28. The zero-order valence-electron chi connectivity index (χ0n) is 12.5. The van der Waals surface area contributed by atoms with E-state index in [-0.39, 0.29) is 5.82 Å². The molecule has 2 fully saturated rings. The van der Waals surface area contributed by atoms with Crippen LogP contribution in [0.15, 0.2) is 24.3 Å². The van der Waals surface area contributed by atoms with Crippen molar-refractivity contribution >= 4 is 0 Å². The Hall–Kier alpha value is -0.970. The summed E-state index contributed by atoms with van der Waals surface area (Å²) in [6.07, 6.45) is 2.73. The molecule has 4 heteroatoms. The Bertz CT molecular complexity index is 456. The van der Waals surface area contributed by atoms with Gasteiger partial charge in [-0.1, -0.05) is 18.2 Å². The molecule has 3 rings (SSSR count). The van der Waals surface area contributed by atoms with Gasteiger partial charge < -0.3 is 14.9 Å². The van der Waals surface area contributed by atoms with Gasteiger partial charge in [0.15, 0.2) is 0 Å². The zero-order valence-corrected chi connectivity index (χ0v) is 12.5. The fourth-order valence-corrected chi connectivity index (χ4v) is 3.07. The molecule has 1 heterocycles. The number of rotatable bonds is 6. The monoisotopic (exact) mass is 292 g/mol. The second-order valence-corrected chi connectivity index (χ2v) is 6.41. The Kier molecular flexibility index (Phi) is 4.88. The molecule has 0 spiro atoms. The molecular weight excluding hydrogens is 267 g/mol. The molecule has 116 valence electrons. The maximum atomic E-state index is 13.6. The first-order valence-electron chi connectivity index (χ1n) is 8.09. The van der Waals surface area contributed by atoms with Crippen LogP contribution in [0.5, 0.6) is 0 Å². The molecule has 21 heavy (non-hydrogen) atoms. The van der Waals surface area contributed by atoms with Crippen LogP contribution in [0.2, 0.25) is 0 Å². The lowest BCUT2D eigenvalue weighted by atomic mass is 10.1. The SMILES string of the molecule is OC(CCN1CCN(CC2CC2)CC1)c1ccccc1F. The molecule has 2 aliphatic rings. The minimum Gasteiger partial charge on any atom is -0.388 e. The van der Waals surface area contributed by atoms with E-state index in [4.69, 9.17) is 0 Å². The van der Waals surface area contributed by atoms with Crippen LogP contribution in [0.3, 0.4) is 0 Å². The Morgan fingerprint density at radius 1 is 1.10 bits per heavy atom. The van der Waals surface area contributed by atoms with Gasteiger partial charge in [-0.05, 0) is 31.2 Å². The molecule has 0 bridgehead atoms.